The molecule has 0 aliphatic heterocycles. The summed E-state index contributed by atoms with van der Waals surface area (Å²) in [6.45, 7) is 4.46. The zero-order chi connectivity index (χ0) is 50.6. The molecule has 10 heteroatoms. The maximum Gasteiger partial charge on any atom is 0.472 e. The number of allylic oxidation sites excluding steroid dienone is 6. The highest BCUT2D eigenvalue weighted by Crippen LogP contribution is 2.43. The summed E-state index contributed by atoms with van der Waals surface area (Å²) in [7, 11) is 1.49. The number of rotatable bonds is 54. The summed E-state index contributed by atoms with van der Waals surface area (Å²) in [4.78, 5) is 35.6. The van der Waals surface area contributed by atoms with Crippen LogP contribution in [0.4, 0.5) is 0 Å². The number of phosphoric ester groups is 1. The molecule has 1 N–H and O–H groups in total. The molecule has 0 spiro atoms. The number of carbonyl (C=O) groups excluding carboxylic acids is 2. The molecule has 0 amide bonds. The van der Waals surface area contributed by atoms with E-state index >= 15 is 0 Å². The molecule has 0 saturated carbocycles. The van der Waals surface area contributed by atoms with E-state index in [-0.39, 0.29) is 25.6 Å². The number of phosphoric acid groups is 1. The second-order valence-corrected chi connectivity index (χ2v) is 22.5. The molecule has 406 valence electrons. The van der Waals surface area contributed by atoms with Crippen LogP contribution in [0.2, 0.25) is 0 Å². The minimum atomic E-state index is -4.38. The lowest BCUT2D eigenvalue weighted by atomic mass is 10.0. The van der Waals surface area contributed by atoms with Crippen LogP contribution in [-0.2, 0) is 32.7 Å². The Kier molecular flexibility index (Phi) is 49.8. The van der Waals surface area contributed by atoms with Gasteiger partial charge >= 0.3 is 19.8 Å². The first-order valence-corrected chi connectivity index (χ1v) is 30.7. The first-order valence-electron chi connectivity index (χ1n) is 29.2. The van der Waals surface area contributed by atoms with Crippen LogP contribution in [0, 0.1) is 0 Å². The Morgan fingerprint density at radius 1 is 0.449 bits per heavy atom. The Bertz CT molecular complexity index is 1260. The number of hydrogen-bond acceptors (Lipinski definition) is 7. The van der Waals surface area contributed by atoms with Crippen molar-refractivity contribution in [1.29, 1.82) is 0 Å². The molecule has 0 aliphatic carbocycles. The Labute approximate surface area is 427 Å². The van der Waals surface area contributed by atoms with Gasteiger partial charge in [0.25, 0.3) is 0 Å². The second-order valence-electron chi connectivity index (χ2n) is 21.0. The Hall–Kier alpha value is -1.77. The molecule has 2 atom stereocenters. The molecule has 69 heavy (non-hydrogen) atoms. The van der Waals surface area contributed by atoms with Gasteiger partial charge in [-0.05, 0) is 51.4 Å². The average Bonchev–Trinajstić information content (AvgIpc) is 3.31. The van der Waals surface area contributed by atoms with E-state index in [0.29, 0.717) is 23.9 Å². The van der Waals surface area contributed by atoms with E-state index in [9.17, 15) is 19.0 Å². The van der Waals surface area contributed by atoms with Gasteiger partial charge in [0, 0.05) is 12.8 Å². The Morgan fingerprint density at radius 3 is 1.16 bits per heavy atom. The molecular weight excluding hydrogens is 882 g/mol. The van der Waals surface area contributed by atoms with Crippen molar-refractivity contribution in [1.82, 2.24) is 0 Å². The summed E-state index contributed by atoms with van der Waals surface area (Å²) in [6, 6.07) is 0. The summed E-state index contributed by atoms with van der Waals surface area (Å²) in [5.41, 5.74) is 0. The highest BCUT2D eigenvalue weighted by atomic mass is 31.2. The molecule has 9 nitrogen and oxygen atoms in total. The van der Waals surface area contributed by atoms with Crippen LogP contribution in [-0.4, -0.2) is 74.9 Å². The molecule has 0 aromatic rings. The smallest absolute Gasteiger partial charge is 0.462 e. The van der Waals surface area contributed by atoms with E-state index in [0.717, 1.165) is 44.9 Å². The third-order valence-corrected chi connectivity index (χ3v) is 13.9. The van der Waals surface area contributed by atoms with Gasteiger partial charge in [0.1, 0.15) is 19.8 Å². The van der Waals surface area contributed by atoms with Crippen molar-refractivity contribution >= 4 is 19.8 Å². The summed E-state index contributed by atoms with van der Waals surface area (Å²) in [6.07, 6.45) is 62.1. The number of hydrogen-bond donors (Lipinski definition) is 1. The third-order valence-electron chi connectivity index (χ3n) is 12.9. The molecule has 0 aromatic heterocycles. The van der Waals surface area contributed by atoms with Crippen LogP contribution < -0.4 is 0 Å². The van der Waals surface area contributed by atoms with Gasteiger partial charge in [-0.25, -0.2) is 4.57 Å². The quantitative estimate of drug-likeness (QED) is 0.0211. The molecule has 0 aromatic carbocycles. The van der Waals surface area contributed by atoms with Crippen molar-refractivity contribution in [3.05, 3.63) is 36.5 Å². The van der Waals surface area contributed by atoms with Gasteiger partial charge in [-0.15, -0.1) is 0 Å². The van der Waals surface area contributed by atoms with Gasteiger partial charge < -0.3 is 18.9 Å². The van der Waals surface area contributed by atoms with Gasteiger partial charge in [0.15, 0.2) is 6.10 Å². The topological polar surface area (TPSA) is 108 Å². The standard InChI is InChI=1S/C59H112NO8P/c1-6-8-10-12-14-16-18-20-22-24-25-26-27-28-29-30-31-32-33-34-35-36-38-40-42-44-46-48-50-52-59(62)68-57(56-67-69(63,64)66-54-53-60(3,4)5)55-65-58(61)51-49-47-45-43-41-39-37-23-21-19-17-15-13-11-9-7-2/h18,20,24-25,27-28,57H,6-17,19,21-23,26,29-56H2,1-5H3/p+1/b20-18-,25-24-,28-27-. The van der Waals surface area contributed by atoms with E-state index in [1.165, 1.54) is 199 Å². The third kappa shape index (κ3) is 55.4. The van der Waals surface area contributed by atoms with Crippen LogP contribution in [0.15, 0.2) is 36.5 Å². The molecule has 0 bridgehead atoms. The maximum absolute atomic E-state index is 12.8. The zero-order valence-corrected chi connectivity index (χ0v) is 47.0. The fourth-order valence-corrected chi connectivity index (χ4v) is 9.12. The van der Waals surface area contributed by atoms with Crippen LogP contribution in [0.25, 0.3) is 0 Å². The zero-order valence-electron chi connectivity index (χ0n) is 46.1. The predicted molar refractivity (Wildman–Crippen MR) is 294 cm³/mol. The Morgan fingerprint density at radius 2 is 0.783 bits per heavy atom. The molecule has 0 rings (SSSR count). The molecule has 0 aliphatic rings. The number of likely N-dealkylation sites (N-methyl/N-ethyl adjacent to an activating group) is 1. The summed E-state index contributed by atoms with van der Waals surface area (Å²) < 4.78 is 34.6. The number of esters is 2. The van der Waals surface area contributed by atoms with Crippen LogP contribution in [0.5, 0.6) is 0 Å². The van der Waals surface area contributed by atoms with Gasteiger partial charge in [-0.2, -0.15) is 0 Å². The van der Waals surface area contributed by atoms with Gasteiger partial charge in [-0.1, -0.05) is 249 Å². The fraction of sp³-hybridized carbons (Fsp3) is 0.864. The summed E-state index contributed by atoms with van der Waals surface area (Å²) >= 11 is 0. The van der Waals surface area contributed by atoms with Crippen molar-refractivity contribution in [2.75, 3.05) is 47.5 Å². The minimum absolute atomic E-state index is 0.0336. The molecule has 0 fully saturated rings. The maximum atomic E-state index is 12.8. The molecule has 0 saturated heterocycles. The van der Waals surface area contributed by atoms with E-state index in [1.807, 2.05) is 21.1 Å². The summed E-state index contributed by atoms with van der Waals surface area (Å²) in [5.74, 6) is -0.784. The lowest BCUT2D eigenvalue weighted by molar-refractivity contribution is -0.870. The number of nitrogens with zero attached hydrogens (tertiary/aromatic N) is 1. The van der Waals surface area contributed by atoms with Crippen LogP contribution in [0.1, 0.15) is 277 Å². The average molecular weight is 996 g/mol. The minimum Gasteiger partial charge on any atom is -0.462 e. The highest BCUT2D eigenvalue weighted by molar-refractivity contribution is 7.47. The SMILES string of the molecule is CCCCCCC/C=C\C/C=C\C/C=C\CCCCCCCCCCCCCCCCC(=O)OC(COC(=O)CCCCCCCCCCCCCCCCCC)COP(=O)(O)OCC[N+](C)(C)C. The first-order chi connectivity index (χ1) is 33.5. The largest absolute Gasteiger partial charge is 0.472 e. The van der Waals surface area contributed by atoms with Crippen molar-refractivity contribution < 1.29 is 42.1 Å². The summed E-state index contributed by atoms with van der Waals surface area (Å²) in [5, 5.41) is 0. The van der Waals surface area contributed by atoms with Crippen LogP contribution >= 0.6 is 7.82 Å². The van der Waals surface area contributed by atoms with Crippen molar-refractivity contribution in [2.24, 2.45) is 0 Å². The highest BCUT2D eigenvalue weighted by Gasteiger charge is 2.27. The monoisotopic (exact) mass is 995 g/mol. The molecule has 0 heterocycles. The molecule has 2 unspecified atom stereocenters. The van der Waals surface area contributed by atoms with Crippen LogP contribution in [0.3, 0.4) is 0 Å². The van der Waals surface area contributed by atoms with Gasteiger partial charge in [0.2, 0.25) is 0 Å². The predicted octanol–water partition coefficient (Wildman–Crippen LogP) is 18.0. The van der Waals surface area contributed by atoms with Crippen molar-refractivity contribution in [2.45, 2.75) is 283 Å². The van der Waals surface area contributed by atoms with E-state index in [1.54, 1.807) is 0 Å². The normalized spacial score (nSPS) is 13.5. The molecular formula is C59H113NO8P+. The van der Waals surface area contributed by atoms with Gasteiger partial charge in [0.05, 0.1) is 27.7 Å². The number of unbranched alkanes of at least 4 members (excludes halogenated alkanes) is 34. The Balaban J connectivity index is 4.10. The number of carbonyl (C=O) groups is 2. The molecule has 0 radical (unpaired) electrons. The first kappa shape index (κ1) is 67.2. The van der Waals surface area contributed by atoms with E-state index in [2.05, 4.69) is 50.3 Å². The van der Waals surface area contributed by atoms with Crippen molar-refractivity contribution in [3.8, 4) is 0 Å². The lowest BCUT2D eigenvalue weighted by Gasteiger charge is -2.24. The van der Waals surface area contributed by atoms with Crippen molar-refractivity contribution in [3.63, 3.8) is 0 Å². The van der Waals surface area contributed by atoms with E-state index < -0.39 is 26.5 Å². The number of quaternary nitrogens is 1. The number of ether oxygens (including phenoxy) is 2. The van der Waals surface area contributed by atoms with E-state index in [4.69, 9.17) is 18.5 Å². The lowest BCUT2D eigenvalue weighted by Crippen LogP contribution is -2.37. The fourth-order valence-electron chi connectivity index (χ4n) is 8.38. The van der Waals surface area contributed by atoms with Gasteiger partial charge in [-0.3, -0.25) is 18.6 Å². The second kappa shape index (κ2) is 51.1.